The second-order valence-corrected chi connectivity index (χ2v) is 6.87. The molecule has 2 N–H and O–H groups in total. The number of nitriles is 1. The van der Waals surface area contributed by atoms with Crippen molar-refractivity contribution in [1.29, 1.82) is 5.26 Å². The van der Waals surface area contributed by atoms with E-state index in [1.807, 2.05) is 54.6 Å². The van der Waals surface area contributed by atoms with Gasteiger partial charge in [-0.1, -0.05) is 18.2 Å². The number of methoxy groups -OCH3 is 1. The van der Waals surface area contributed by atoms with Crippen molar-refractivity contribution < 1.29 is 4.74 Å². The van der Waals surface area contributed by atoms with E-state index in [1.165, 1.54) is 0 Å². The number of aromatic nitrogens is 2. The molecule has 6 nitrogen and oxygen atoms in total. The standard InChI is InChI=1S/C23H23N5O/c1-29-21-6-3-17(4-7-21)2-5-20-14-18(8-9-26-20)22-15-19(16-24)23(27-22)28-12-10-25-11-13-28/h2-9,14-15,25,27H,10-13H2,1H3. The molecule has 0 radical (unpaired) electrons. The molecular formula is C23H23N5O. The number of nitrogens with one attached hydrogen (secondary N) is 2. The van der Waals surface area contributed by atoms with Crippen LogP contribution in [0.4, 0.5) is 5.82 Å². The summed E-state index contributed by atoms with van der Waals surface area (Å²) in [6, 6.07) is 16.1. The van der Waals surface area contributed by atoms with Crippen LogP contribution < -0.4 is 15.0 Å². The van der Waals surface area contributed by atoms with Gasteiger partial charge in [0.25, 0.3) is 0 Å². The number of hydrogen-bond donors (Lipinski definition) is 2. The zero-order valence-corrected chi connectivity index (χ0v) is 16.4. The molecule has 0 amide bonds. The minimum atomic E-state index is 0.675. The van der Waals surface area contributed by atoms with E-state index >= 15 is 0 Å². The number of benzene rings is 1. The van der Waals surface area contributed by atoms with Gasteiger partial charge in [0.1, 0.15) is 17.6 Å². The summed E-state index contributed by atoms with van der Waals surface area (Å²) in [5, 5.41) is 12.9. The number of rotatable bonds is 5. The fourth-order valence-corrected chi connectivity index (χ4v) is 3.43. The van der Waals surface area contributed by atoms with Gasteiger partial charge in [0.05, 0.1) is 18.4 Å². The number of ether oxygens (including phenoxy) is 1. The third-order valence-corrected chi connectivity index (χ3v) is 5.00. The molecule has 3 aromatic rings. The van der Waals surface area contributed by atoms with E-state index in [0.717, 1.165) is 60.3 Å². The fraction of sp³-hybridized carbons (Fsp3) is 0.217. The number of anilines is 1. The highest BCUT2D eigenvalue weighted by Crippen LogP contribution is 2.28. The molecule has 1 aromatic carbocycles. The van der Waals surface area contributed by atoms with Crippen LogP contribution in [0.1, 0.15) is 16.8 Å². The molecule has 1 aliphatic rings. The summed E-state index contributed by atoms with van der Waals surface area (Å²) in [6.07, 6.45) is 5.80. The first-order chi connectivity index (χ1) is 14.3. The van der Waals surface area contributed by atoms with E-state index in [-0.39, 0.29) is 0 Å². The Morgan fingerprint density at radius 1 is 1.10 bits per heavy atom. The van der Waals surface area contributed by atoms with Gasteiger partial charge in [-0.15, -0.1) is 0 Å². The second kappa shape index (κ2) is 8.63. The SMILES string of the molecule is COc1ccc(C=Cc2cc(-c3cc(C#N)c(N4CCNCC4)[nH]3)ccn2)cc1. The van der Waals surface area contributed by atoms with Gasteiger partial charge in [0, 0.05) is 43.6 Å². The molecule has 0 atom stereocenters. The van der Waals surface area contributed by atoms with Gasteiger partial charge in [-0.3, -0.25) is 4.98 Å². The van der Waals surface area contributed by atoms with Crippen LogP contribution in [-0.4, -0.2) is 43.3 Å². The van der Waals surface area contributed by atoms with Gasteiger partial charge in [0.2, 0.25) is 0 Å². The summed E-state index contributed by atoms with van der Waals surface area (Å²) >= 11 is 0. The summed E-state index contributed by atoms with van der Waals surface area (Å²) in [5.41, 5.74) is 4.54. The zero-order chi connectivity index (χ0) is 20.1. The lowest BCUT2D eigenvalue weighted by Gasteiger charge is -2.28. The first kappa shape index (κ1) is 18.8. The van der Waals surface area contributed by atoms with Crippen LogP contribution in [0.15, 0.2) is 48.7 Å². The molecule has 0 bridgehead atoms. The first-order valence-corrected chi connectivity index (χ1v) is 9.64. The van der Waals surface area contributed by atoms with E-state index < -0.39 is 0 Å². The van der Waals surface area contributed by atoms with Crippen LogP contribution in [-0.2, 0) is 0 Å². The van der Waals surface area contributed by atoms with Crippen molar-refractivity contribution in [1.82, 2.24) is 15.3 Å². The van der Waals surface area contributed by atoms with E-state index in [0.29, 0.717) is 5.56 Å². The van der Waals surface area contributed by atoms with Crippen molar-refractivity contribution in [2.75, 3.05) is 38.2 Å². The van der Waals surface area contributed by atoms with E-state index in [2.05, 4.69) is 26.3 Å². The van der Waals surface area contributed by atoms with E-state index in [9.17, 15) is 5.26 Å². The Kier molecular flexibility index (Phi) is 5.59. The summed E-state index contributed by atoms with van der Waals surface area (Å²) in [7, 11) is 1.66. The molecule has 1 aliphatic heterocycles. The van der Waals surface area contributed by atoms with Crippen molar-refractivity contribution in [3.63, 3.8) is 0 Å². The lowest BCUT2D eigenvalue weighted by Crippen LogP contribution is -2.44. The molecule has 4 rings (SSSR count). The monoisotopic (exact) mass is 385 g/mol. The van der Waals surface area contributed by atoms with Gasteiger partial charge in [0.15, 0.2) is 0 Å². The maximum Gasteiger partial charge on any atom is 0.124 e. The molecular weight excluding hydrogens is 362 g/mol. The number of aromatic amines is 1. The van der Waals surface area contributed by atoms with Crippen molar-refractivity contribution in [3.8, 4) is 23.1 Å². The maximum absolute atomic E-state index is 9.57. The Bertz CT molecular complexity index is 1040. The van der Waals surface area contributed by atoms with Gasteiger partial charge in [-0.25, -0.2) is 0 Å². The van der Waals surface area contributed by atoms with Crippen LogP contribution in [0.2, 0.25) is 0 Å². The molecule has 0 saturated carbocycles. The fourth-order valence-electron chi connectivity index (χ4n) is 3.43. The predicted molar refractivity (Wildman–Crippen MR) is 116 cm³/mol. The topological polar surface area (TPSA) is 77.0 Å². The smallest absolute Gasteiger partial charge is 0.124 e. The quantitative estimate of drug-likeness (QED) is 0.703. The number of H-pyrrole nitrogens is 1. The number of nitrogens with zero attached hydrogens (tertiary/aromatic N) is 3. The molecule has 1 fully saturated rings. The Morgan fingerprint density at radius 3 is 2.62 bits per heavy atom. The highest BCUT2D eigenvalue weighted by molar-refractivity contribution is 5.73. The summed E-state index contributed by atoms with van der Waals surface area (Å²) in [6.45, 7) is 3.63. The van der Waals surface area contributed by atoms with E-state index in [4.69, 9.17) is 4.74 Å². The molecule has 3 heterocycles. The minimum absolute atomic E-state index is 0.675. The third kappa shape index (κ3) is 4.31. The highest BCUT2D eigenvalue weighted by Gasteiger charge is 2.17. The minimum Gasteiger partial charge on any atom is -0.497 e. The van der Waals surface area contributed by atoms with Crippen LogP contribution in [0, 0.1) is 11.3 Å². The average Bonchev–Trinajstić information content (AvgIpc) is 3.23. The third-order valence-electron chi connectivity index (χ3n) is 5.00. The Hall–Kier alpha value is -3.56. The summed E-state index contributed by atoms with van der Waals surface area (Å²) in [4.78, 5) is 10.1. The predicted octanol–water partition coefficient (Wildman–Crippen LogP) is 3.54. The average molecular weight is 385 g/mol. The van der Waals surface area contributed by atoms with Crippen LogP contribution in [0.25, 0.3) is 23.4 Å². The number of hydrogen-bond acceptors (Lipinski definition) is 5. The molecule has 29 heavy (non-hydrogen) atoms. The summed E-state index contributed by atoms with van der Waals surface area (Å²) in [5.74, 6) is 1.73. The Labute approximate surface area is 170 Å². The first-order valence-electron chi connectivity index (χ1n) is 9.64. The number of pyridine rings is 1. The molecule has 0 aliphatic carbocycles. The lowest BCUT2D eigenvalue weighted by molar-refractivity contribution is 0.415. The van der Waals surface area contributed by atoms with Gasteiger partial charge >= 0.3 is 0 Å². The Balaban J connectivity index is 1.57. The van der Waals surface area contributed by atoms with Crippen molar-refractivity contribution in [3.05, 3.63) is 65.5 Å². The molecule has 0 spiro atoms. The van der Waals surface area contributed by atoms with Gasteiger partial charge < -0.3 is 19.9 Å². The molecule has 0 unspecified atom stereocenters. The van der Waals surface area contributed by atoms with E-state index in [1.54, 1.807) is 13.3 Å². The largest absolute Gasteiger partial charge is 0.497 e. The Morgan fingerprint density at radius 2 is 1.90 bits per heavy atom. The van der Waals surface area contributed by atoms with Crippen molar-refractivity contribution in [2.45, 2.75) is 0 Å². The maximum atomic E-state index is 9.57. The van der Waals surface area contributed by atoms with Crippen molar-refractivity contribution in [2.24, 2.45) is 0 Å². The van der Waals surface area contributed by atoms with Crippen LogP contribution in [0.3, 0.4) is 0 Å². The lowest BCUT2D eigenvalue weighted by atomic mass is 10.1. The molecule has 2 aromatic heterocycles. The van der Waals surface area contributed by atoms with Crippen molar-refractivity contribution >= 4 is 18.0 Å². The molecule has 146 valence electrons. The summed E-state index contributed by atoms with van der Waals surface area (Å²) < 4.78 is 5.19. The second-order valence-electron chi connectivity index (χ2n) is 6.87. The normalized spacial score (nSPS) is 14.1. The van der Waals surface area contributed by atoms with Crippen LogP contribution in [0.5, 0.6) is 5.75 Å². The molecule has 1 saturated heterocycles. The van der Waals surface area contributed by atoms with Crippen LogP contribution >= 0.6 is 0 Å². The van der Waals surface area contributed by atoms with Gasteiger partial charge in [-0.2, -0.15) is 5.26 Å². The number of piperazine rings is 1. The highest BCUT2D eigenvalue weighted by atomic mass is 16.5. The zero-order valence-electron chi connectivity index (χ0n) is 16.4. The van der Waals surface area contributed by atoms with Gasteiger partial charge in [-0.05, 0) is 42.0 Å². The molecule has 6 heteroatoms.